The maximum absolute atomic E-state index is 11.5. The molecule has 0 saturated carbocycles. The number of hydrogen-bond donors (Lipinski definition) is 1. The van der Waals surface area contributed by atoms with E-state index in [-0.39, 0.29) is 6.04 Å². The van der Waals surface area contributed by atoms with Crippen LogP contribution in [0.1, 0.15) is 6.42 Å². The first kappa shape index (κ1) is 13.3. The lowest BCUT2D eigenvalue weighted by Gasteiger charge is -2.38. The van der Waals surface area contributed by atoms with E-state index < -0.39 is 9.84 Å². The van der Waals surface area contributed by atoms with Gasteiger partial charge in [-0.25, -0.2) is 8.42 Å². The number of sulfone groups is 1. The minimum absolute atomic E-state index is 0.256. The van der Waals surface area contributed by atoms with E-state index in [1.807, 2.05) is 0 Å². The minimum atomic E-state index is -2.76. The Kier molecular flexibility index (Phi) is 4.07. The van der Waals surface area contributed by atoms with E-state index in [1.165, 1.54) is 0 Å². The van der Waals surface area contributed by atoms with E-state index in [1.54, 1.807) is 0 Å². The molecule has 1 N–H and O–H groups in total. The molecule has 0 spiro atoms. The average Bonchev–Trinajstić information content (AvgIpc) is 2.58. The monoisotopic (exact) mass is 261 g/mol. The zero-order valence-corrected chi connectivity index (χ0v) is 11.5. The van der Waals surface area contributed by atoms with Crippen molar-refractivity contribution in [2.24, 2.45) is 0 Å². The van der Waals surface area contributed by atoms with Crippen LogP contribution >= 0.6 is 0 Å². The van der Waals surface area contributed by atoms with Crippen molar-refractivity contribution in [1.29, 1.82) is 0 Å². The summed E-state index contributed by atoms with van der Waals surface area (Å²) < 4.78 is 23.0. The molecule has 17 heavy (non-hydrogen) atoms. The van der Waals surface area contributed by atoms with Crippen molar-refractivity contribution in [2.45, 2.75) is 18.5 Å². The van der Waals surface area contributed by atoms with Crippen LogP contribution < -0.4 is 5.32 Å². The van der Waals surface area contributed by atoms with Crippen LogP contribution in [-0.2, 0) is 9.84 Å². The summed E-state index contributed by atoms with van der Waals surface area (Å²) in [6.07, 6.45) is 0.816. The van der Waals surface area contributed by atoms with Crippen LogP contribution in [0, 0.1) is 0 Å². The maximum Gasteiger partial charge on any atom is 0.151 e. The second kappa shape index (κ2) is 5.22. The Morgan fingerprint density at radius 3 is 2.76 bits per heavy atom. The highest BCUT2D eigenvalue weighted by Crippen LogP contribution is 2.18. The maximum atomic E-state index is 11.5. The number of likely N-dealkylation sites (N-methyl/N-ethyl adjacent to an activating group) is 1. The van der Waals surface area contributed by atoms with Crippen LogP contribution in [0.15, 0.2) is 0 Å². The molecule has 2 unspecified atom stereocenters. The highest BCUT2D eigenvalue weighted by Gasteiger charge is 2.34. The van der Waals surface area contributed by atoms with Gasteiger partial charge in [-0.15, -0.1) is 0 Å². The Bertz CT molecular complexity index is 356. The fourth-order valence-corrected chi connectivity index (χ4v) is 4.57. The van der Waals surface area contributed by atoms with Crippen molar-refractivity contribution in [3.63, 3.8) is 0 Å². The summed E-state index contributed by atoms with van der Waals surface area (Å²) in [5.41, 5.74) is 0. The first-order chi connectivity index (χ1) is 7.96. The van der Waals surface area contributed by atoms with Crippen LogP contribution in [0.3, 0.4) is 0 Å². The average molecular weight is 261 g/mol. The lowest BCUT2D eigenvalue weighted by molar-refractivity contribution is 0.141. The molecule has 0 aromatic carbocycles. The number of piperazine rings is 1. The van der Waals surface area contributed by atoms with Gasteiger partial charge in [0.25, 0.3) is 0 Å². The second-order valence-electron chi connectivity index (χ2n) is 5.47. The summed E-state index contributed by atoms with van der Waals surface area (Å²) in [7, 11) is 1.38. The third-order valence-electron chi connectivity index (χ3n) is 3.60. The Morgan fingerprint density at radius 2 is 2.18 bits per heavy atom. The molecule has 0 radical (unpaired) electrons. The Hall–Kier alpha value is -0.170. The van der Waals surface area contributed by atoms with E-state index in [4.69, 9.17) is 0 Å². The normalized spacial score (nSPS) is 34.3. The SMILES string of the molecule is CN(C)CC1CN(C2CCS(=O)(=O)C2)CCN1. The molecule has 0 aromatic heterocycles. The summed E-state index contributed by atoms with van der Waals surface area (Å²) in [6, 6.07) is 0.716. The van der Waals surface area contributed by atoms with Gasteiger partial charge < -0.3 is 10.2 Å². The van der Waals surface area contributed by atoms with E-state index in [9.17, 15) is 8.42 Å². The second-order valence-corrected chi connectivity index (χ2v) is 7.69. The van der Waals surface area contributed by atoms with Gasteiger partial charge in [0.1, 0.15) is 0 Å². The van der Waals surface area contributed by atoms with Crippen LogP contribution in [0.5, 0.6) is 0 Å². The molecule has 2 aliphatic heterocycles. The zero-order valence-electron chi connectivity index (χ0n) is 10.7. The third-order valence-corrected chi connectivity index (χ3v) is 5.35. The summed E-state index contributed by atoms with van der Waals surface area (Å²) in [6.45, 7) is 3.92. The molecule has 2 fully saturated rings. The molecule has 100 valence electrons. The van der Waals surface area contributed by atoms with Crippen LogP contribution in [0.25, 0.3) is 0 Å². The Balaban J connectivity index is 1.89. The number of hydrogen-bond acceptors (Lipinski definition) is 5. The van der Waals surface area contributed by atoms with Gasteiger partial charge in [-0.1, -0.05) is 0 Å². The molecule has 0 aliphatic carbocycles. The van der Waals surface area contributed by atoms with Crippen molar-refractivity contribution in [3.05, 3.63) is 0 Å². The molecule has 2 atom stereocenters. The lowest BCUT2D eigenvalue weighted by atomic mass is 10.1. The quantitative estimate of drug-likeness (QED) is 0.707. The fraction of sp³-hybridized carbons (Fsp3) is 1.00. The van der Waals surface area contributed by atoms with Crippen molar-refractivity contribution in [1.82, 2.24) is 15.1 Å². The number of nitrogens with zero attached hydrogens (tertiary/aromatic N) is 2. The van der Waals surface area contributed by atoms with Crippen LogP contribution in [0.4, 0.5) is 0 Å². The fourth-order valence-electron chi connectivity index (χ4n) is 2.81. The summed E-state index contributed by atoms with van der Waals surface area (Å²) >= 11 is 0. The summed E-state index contributed by atoms with van der Waals surface area (Å²) in [4.78, 5) is 4.53. The standard InChI is InChI=1S/C11H23N3O2S/c1-13(2)7-10-8-14(5-4-12-10)11-3-6-17(15,16)9-11/h10-12H,3-9H2,1-2H3. The molecular formula is C11H23N3O2S. The largest absolute Gasteiger partial charge is 0.310 e. The van der Waals surface area contributed by atoms with E-state index in [0.29, 0.717) is 17.5 Å². The highest BCUT2D eigenvalue weighted by molar-refractivity contribution is 7.91. The van der Waals surface area contributed by atoms with Crippen LogP contribution in [0.2, 0.25) is 0 Å². The molecule has 6 heteroatoms. The molecule has 0 amide bonds. The molecule has 2 rings (SSSR count). The first-order valence-corrected chi connectivity index (χ1v) is 8.11. The molecule has 2 saturated heterocycles. The number of nitrogens with one attached hydrogen (secondary N) is 1. The van der Waals surface area contributed by atoms with Gasteiger partial charge in [0.05, 0.1) is 11.5 Å². The lowest BCUT2D eigenvalue weighted by Crippen LogP contribution is -2.57. The predicted octanol–water partition coefficient (Wildman–Crippen LogP) is -0.991. The van der Waals surface area contributed by atoms with Crippen LogP contribution in [-0.4, -0.2) is 82.1 Å². The Morgan fingerprint density at radius 1 is 1.41 bits per heavy atom. The molecule has 2 heterocycles. The van der Waals surface area contributed by atoms with Gasteiger partial charge in [0.15, 0.2) is 9.84 Å². The van der Waals surface area contributed by atoms with Crippen molar-refractivity contribution in [3.8, 4) is 0 Å². The summed E-state index contributed by atoms with van der Waals surface area (Å²) in [5, 5.41) is 3.49. The van der Waals surface area contributed by atoms with E-state index in [2.05, 4.69) is 29.2 Å². The Labute approximate surface area is 104 Å². The molecule has 0 bridgehead atoms. The van der Waals surface area contributed by atoms with Gasteiger partial charge in [-0.3, -0.25) is 4.90 Å². The van der Waals surface area contributed by atoms with Gasteiger partial charge in [-0.05, 0) is 20.5 Å². The van der Waals surface area contributed by atoms with Crippen molar-refractivity contribution < 1.29 is 8.42 Å². The first-order valence-electron chi connectivity index (χ1n) is 6.29. The molecular weight excluding hydrogens is 238 g/mol. The summed E-state index contributed by atoms with van der Waals surface area (Å²) in [5.74, 6) is 0.738. The smallest absolute Gasteiger partial charge is 0.151 e. The molecule has 2 aliphatic rings. The minimum Gasteiger partial charge on any atom is -0.310 e. The van der Waals surface area contributed by atoms with Gasteiger partial charge >= 0.3 is 0 Å². The zero-order chi connectivity index (χ0) is 12.5. The molecule has 5 nitrogen and oxygen atoms in total. The predicted molar refractivity (Wildman–Crippen MR) is 69.0 cm³/mol. The van der Waals surface area contributed by atoms with Gasteiger partial charge in [0.2, 0.25) is 0 Å². The highest BCUT2D eigenvalue weighted by atomic mass is 32.2. The van der Waals surface area contributed by atoms with Crippen molar-refractivity contribution >= 4 is 9.84 Å². The third kappa shape index (κ3) is 3.64. The topological polar surface area (TPSA) is 52.7 Å². The van der Waals surface area contributed by atoms with Crippen molar-refractivity contribution in [2.75, 3.05) is 51.8 Å². The van der Waals surface area contributed by atoms with Gasteiger partial charge in [0, 0.05) is 38.3 Å². The van der Waals surface area contributed by atoms with E-state index >= 15 is 0 Å². The number of rotatable bonds is 3. The van der Waals surface area contributed by atoms with Gasteiger partial charge in [-0.2, -0.15) is 0 Å². The van der Waals surface area contributed by atoms with E-state index in [0.717, 1.165) is 32.6 Å². The molecule has 0 aromatic rings.